The van der Waals surface area contributed by atoms with E-state index in [0.717, 1.165) is 12.1 Å². The maximum atomic E-state index is 2.52. The van der Waals surface area contributed by atoms with Crippen molar-refractivity contribution in [2.24, 2.45) is 0 Å². The molecule has 0 bridgehead atoms. The van der Waals surface area contributed by atoms with Gasteiger partial charge in [-0.1, -0.05) is 56.4 Å². The monoisotopic (exact) mass is 281 g/mol. The van der Waals surface area contributed by atoms with Crippen LogP contribution in [0.1, 0.15) is 12.5 Å². The van der Waals surface area contributed by atoms with Gasteiger partial charge in [-0.3, -0.25) is 0 Å². The number of fused-ring (bicyclic) bond motifs is 1. The minimum absolute atomic E-state index is 0.761. The smallest absolute Gasteiger partial charge is 0.0878 e. The molecule has 0 spiro atoms. The maximum Gasteiger partial charge on any atom is 0.0878 e. The first kappa shape index (κ1) is 13.4. The van der Waals surface area contributed by atoms with E-state index in [1.807, 2.05) is 0 Å². The van der Waals surface area contributed by atoms with Crippen LogP contribution in [-0.2, 0) is 0 Å². The molecule has 1 heterocycles. The minimum Gasteiger partial charge on any atom is -0.341 e. The fraction of sp³-hybridized carbons (Fsp3) is 0.333. The Labute approximate surface area is 123 Å². The summed E-state index contributed by atoms with van der Waals surface area (Å²) < 4.78 is 0. The number of hydrogen-bond acceptors (Lipinski definition) is 1. The lowest BCUT2D eigenvalue weighted by Crippen LogP contribution is -2.54. The zero-order chi connectivity index (χ0) is 14.3. The SMILES string of the molecule is Cc1ccccc1N1CC(C)[Si](C)(C)c2ccccc21. The third kappa shape index (κ3) is 1.99. The predicted molar refractivity (Wildman–Crippen MR) is 91.2 cm³/mol. The van der Waals surface area contributed by atoms with Crippen molar-refractivity contribution in [3.05, 3.63) is 54.1 Å². The highest BCUT2D eigenvalue weighted by Crippen LogP contribution is 2.38. The molecule has 0 saturated heterocycles. The summed E-state index contributed by atoms with van der Waals surface area (Å²) in [6, 6.07) is 17.7. The lowest BCUT2D eigenvalue weighted by molar-refractivity contribution is 0.839. The highest BCUT2D eigenvalue weighted by atomic mass is 28.3. The number of anilines is 2. The van der Waals surface area contributed by atoms with Crippen molar-refractivity contribution >= 4 is 24.6 Å². The van der Waals surface area contributed by atoms with Gasteiger partial charge in [0.05, 0.1) is 8.07 Å². The van der Waals surface area contributed by atoms with Crippen molar-refractivity contribution < 1.29 is 0 Å². The molecule has 1 atom stereocenters. The lowest BCUT2D eigenvalue weighted by Gasteiger charge is -2.44. The Morgan fingerprint density at radius 3 is 2.25 bits per heavy atom. The zero-order valence-corrected chi connectivity index (χ0v) is 13.9. The quantitative estimate of drug-likeness (QED) is 0.698. The van der Waals surface area contributed by atoms with Gasteiger partial charge in [0.2, 0.25) is 0 Å². The highest BCUT2D eigenvalue weighted by Gasteiger charge is 2.39. The third-order valence-electron chi connectivity index (χ3n) is 4.98. The third-order valence-corrected chi connectivity index (χ3v) is 9.44. The fourth-order valence-corrected chi connectivity index (χ4v) is 5.79. The van der Waals surface area contributed by atoms with Crippen molar-refractivity contribution in [3.8, 4) is 0 Å². The summed E-state index contributed by atoms with van der Waals surface area (Å²) in [7, 11) is -1.35. The van der Waals surface area contributed by atoms with Crippen molar-refractivity contribution in [1.29, 1.82) is 0 Å². The van der Waals surface area contributed by atoms with Crippen LogP contribution < -0.4 is 10.1 Å². The van der Waals surface area contributed by atoms with Gasteiger partial charge in [0.15, 0.2) is 0 Å². The summed E-state index contributed by atoms with van der Waals surface area (Å²) in [6.07, 6.45) is 0. The van der Waals surface area contributed by atoms with Crippen LogP contribution in [0.5, 0.6) is 0 Å². The normalized spacial score (nSPS) is 20.6. The lowest BCUT2D eigenvalue weighted by atomic mass is 10.1. The Hall–Kier alpha value is -1.54. The van der Waals surface area contributed by atoms with Crippen LogP contribution in [0.2, 0.25) is 18.6 Å². The summed E-state index contributed by atoms with van der Waals surface area (Å²) in [6.45, 7) is 10.8. The van der Waals surface area contributed by atoms with Crippen molar-refractivity contribution in [2.45, 2.75) is 32.5 Å². The Bertz CT molecular complexity index is 633. The molecule has 0 N–H and O–H groups in total. The van der Waals surface area contributed by atoms with Gasteiger partial charge in [0, 0.05) is 17.9 Å². The second-order valence-electron chi connectivity index (χ2n) is 6.54. The Morgan fingerprint density at radius 1 is 0.950 bits per heavy atom. The van der Waals surface area contributed by atoms with Gasteiger partial charge in [-0.25, -0.2) is 0 Å². The summed E-state index contributed by atoms with van der Waals surface area (Å²) in [5.74, 6) is 0. The van der Waals surface area contributed by atoms with E-state index >= 15 is 0 Å². The van der Waals surface area contributed by atoms with E-state index in [-0.39, 0.29) is 0 Å². The average molecular weight is 281 g/mol. The molecule has 1 nitrogen and oxygen atoms in total. The molecule has 1 unspecified atom stereocenters. The standard InChI is InChI=1S/C18H23NSi/c1-14-9-5-6-10-16(14)19-13-15(2)20(3,4)18-12-8-7-11-17(18)19/h5-12,15H,13H2,1-4H3. The van der Waals surface area contributed by atoms with Crippen molar-refractivity contribution in [2.75, 3.05) is 11.4 Å². The predicted octanol–water partition coefficient (Wildman–Crippen LogP) is 4.45. The summed E-state index contributed by atoms with van der Waals surface area (Å²) in [5, 5.41) is 1.60. The first-order chi connectivity index (χ1) is 9.51. The van der Waals surface area contributed by atoms with E-state index in [2.05, 4.69) is 80.4 Å². The maximum absolute atomic E-state index is 2.52. The largest absolute Gasteiger partial charge is 0.341 e. The van der Waals surface area contributed by atoms with Gasteiger partial charge in [0.25, 0.3) is 0 Å². The molecule has 0 saturated carbocycles. The molecule has 2 aromatic rings. The van der Waals surface area contributed by atoms with E-state index in [4.69, 9.17) is 0 Å². The van der Waals surface area contributed by atoms with E-state index in [1.165, 1.54) is 16.9 Å². The summed E-state index contributed by atoms with van der Waals surface area (Å²) >= 11 is 0. The molecule has 1 aliphatic rings. The number of rotatable bonds is 1. The number of hydrogen-bond donors (Lipinski definition) is 0. The zero-order valence-electron chi connectivity index (χ0n) is 12.9. The molecule has 0 amide bonds. The molecule has 104 valence electrons. The minimum atomic E-state index is -1.35. The molecule has 3 rings (SSSR count). The van der Waals surface area contributed by atoms with E-state index in [9.17, 15) is 0 Å². The van der Waals surface area contributed by atoms with Crippen molar-refractivity contribution in [1.82, 2.24) is 0 Å². The Balaban J connectivity index is 2.18. The average Bonchev–Trinajstić information content (AvgIpc) is 2.44. The Kier molecular flexibility index (Phi) is 3.21. The van der Waals surface area contributed by atoms with Crippen LogP contribution in [0.25, 0.3) is 0 Å². The number of benzene rings is 2. The first-order valence-corrected chi connectivity index (χ1v) is 10.5. The molecule has 0 aromatic heterocycles. The van der Waals surface area contributed by atoms with Crippen LogP contribution in [0.3, 0.4) is 0 Å². The second-order valence-corrected chi connectivity index (χ2v) is 11.5. The van der Waals surface area contributed by atoms with E-state index in [0.29, 0.717) is 0 Å². The fourth-order valence-electron chi connectivity index (χ4n) is 3.21. The molecular weight excluding hydrogens is 258 g/mol. The number of aryl methyl sites for hydroxylation is 1. The van der Waals surface area contributed by atoms with Gasteiger partial charge < -0.3 is 4.90 Å². The summed E-state index contributed by atoms with van der Waals surface area (Å²) in [4.78, 5) is 2.52. The topological polar surface area (TPSA) is 3.24 Å². The van der Waals surface area contributed by atoms with Crippen LogP contribution in [0.4, 0.5) is 11.4 Å². The molecule has 0 fully saturated rings. The molecule has 2 aromatic carbocycles. The molecule has 20 heavy (non-hydrogen) atoms. The summed E-state index contributed by atoms with van der Waals surface area (Å²) in [5.41, 5.74) is 4.90. The second kappa shape index (κ2) is 4.78. The van der Waals surface area contributed by atoms with Gasteiger partial charge in [-0.2, -0.15) is 0 Å². The molecule has 2 heteroatoms. The first-order valence-electron chi connectivity index (χ1n) is 7.44. The number of nitrogens with zero attached hydrogens (tertiary/aromatic N) is 1. The Morgan fingerprint density at radius 2 is 1.55 bits per heavy atom. The van der Waals surface area contributed by atoms with Crippen LogP contribution >= 0.6 is 0 Å². The van der Waals surface area contributed by atoms with Crippen LogP contribution in [0, 0.1) is 6.92 Å². The molecule has 1 aliphatic heterocycles. The van der Waals surface area contributed by atoms with E-state index < -0.39 is 8.07 Å². The molecule has 0 aliphatic carbocycles. The van der Waals surface area contributed by atoms with Gasteiger partial charge in [-0.05, 0) is 35.3 Å². The van der Waals surface area contributed by atoms with Gasteiger partial charge in [-0.15, -0.1) is 0 Å². The van der Waals surface area contributed by atoms with Gasteiger partial charge in [0.1, 0.15) is 0 Å². The van der Waals surface area contributed by atoms with Crippen LogP contribution in [-0.4, -0.2) is 14.6 Å². The highest BCUT2D eigenvalue weighted by molar-refractivity contribution is 6.92. The number of para-hydroxylation sites is 2. The molecular formula is C18H23NSi. The van der Waals surface area contributed by atoms with E-state index in [1.54, 1.807) is 5.19 Å². The van der Waals surface area contributed by atoms with Crippen LogP contribution in [0.15, 0.2) is 48.5 Å². The van der Waals surface area contributed by atoms with Gasteiger partial charge >= 0.3 is 0 Å². The molecule has 0 radical (unpaired) electrons. The van der Waals surface area contributed by atoms with Crippen molar-refractivity contribution in [3.63, 3.8) is 0 Å².